The Labute approximate surface area is 62.6 Å². The van der Waals surface area contributed by atoms with E-state index in [4.69, 9.17) is 0 Å². The molecule has 1 aliphatic rings. The molecule has 2 N–H and O–H groups in total. The second kappa shape index (κ2) is 2.89. The number of hydrogen-bond acceptors (Lipinski definition) is 2. The molecular weight excluding hydrogens is 126 g/mol. The van der Waals surface area contributed by atoms with Crippen molar-refractivity contribution in [1.29, 1.82) is 0 Å². The number of hydrogen-bond donors (Lipinski definition) is 2. The van der Waals surface area contributed by atoms with E-state index in [1.54, 1.807) is 0 Å². The van der Waals surface area contributed by atoms with Crippen molar-refractivity contribution in [3.05, 3.63) is 0 Å². The quantitative estimate of drug-likeness (QED) is 0.524. The summed E-state index contributed by atoms with van der Waals surface area (Å²) in [5, 5.41) is 12.9. The molecule has 0 aromatic heterocycles. The van der Waals surface area contributed by atoms with Crippen LogP contribution in [0.25, 0.3) is 0 Å². The highest BCUT2D eigenvalue weighted by Gasteiger charge is 2.28. The maximum absolute atomic E-state index is 9.48. The Hall–Kier alpha value is -0.0800. The summed E-state index contributed by atoms with van der Waals surface area (Å²) in [7, 11) is 0. The topological polar surface area (TPSA) is 32.3 Å². The van der Waals surface area contributed by atoms with Crippen LogP contribution < -0.4 is 5.32 Å². The minimum Gasteiger partial charge on any atom is -0.393 e. The van der Waals surface area contributed by atoms with Gasteiger partial charge in [0.2, 0.25) is 0 Å². The third-order valence-corrected chi connectivity index (χ3v) is 2.54. The van der Waals surface area contributed by atoms with Gasteiger partial charge in [0.1, 0.15) is 0 Å². The number of aliphatic hydroxyl groups is 1. The van der Waals surface area contributed by atoms with Gasteiger partial charge in [-0.3, -0.25) is 0 Å². The molecule has 0 aromatic carbocycles. The summed E-state index contributed by atoms with van der Waals surface area (Å²) in [6.45, 7) is 6.34. The molecule has 1 fully saturated rings. The summed E-state index contributed by atoms with van der Waals surface area (Å²) >= 11 is 0. The van der Waals surface area contributed by atoms with E-state index >= 15 is 0 Å². The van der Waals surface area contributed by atoms with Gasteiger partial charge in [-0.15, -0.1) is 0 Å². The molecular formula is C8H17NO. The predicted octanol–water partition coefficient (Wildman–Crippen LogP) is 0.754. The predicted molar refractivity (Wildman–Crippen MR) is 41.8 cm³/mol. The van der Waals surface area contributed by atoms with Crippen molar-refractivity contribution in [2.75, 3.05) is 0 Å². The molecule has 0 aliphatic carbocycles. The van der Waals surface area contributed by atoms with Crippen LogP contribution in [0.15, 0.2) is 0 Å². The number of rotatable bonds is 0. The minimum atomic E-state index is -0.105. The molecule has 4 unspecified atom stereocenters. The van der Waals surface area contributed by atoms with E-state index in [2.05, 4.69) is 26.1 Å². The lowest BCUT2D eigenvalue weighted by Gasteiger charge is -2.35. The first-order chi connectivity index (χ1) is 4.61. The summed E-state index contributed by atoms with van der Waals surface area (Å²) in [6.07, 6.45) is 0.789. The average molecular weight is 143 g/mol. The van der Waals surface area contributed by atoms with E-state index in [1.807, 2.05) is 0 Å². The number of nitrogens with one attached hydrogen (secondary N) is 1. The fourth-order valence-corrected chi connectivity index (χ4v) is 1.58. The molecule has 1 rings (SSSR count). The minimum absolute atomic E-state index is 0.105. The first kappa shape index (κ1) is 8.02. The smallest absolute Gasteiger partial charge is 0.0595 e. The van der Waals surface area contributed by atoms with Gasteiger partial charge in [-0.05, 0) is 26.2 Å². The highest BCUT2D eigenvalue weighted by atomic mass is 16.3. The Morgan fingerprint density at radius 1 is 1.30 bits per heavy atom. The van der Waals surface area contributed by atoms with Crippen LogP contribution in [-0.2, 0) is 0 Å². The van der Waals surface area contributed by atoms with Gasteiger partial charge in [0, 0.05) is 12.1 Å². The molecule has 0 spiro atoms. The van der Waals surface area contributed by atoms with Crippen molar-refractivity contribution in [1.82, 2.24) is 5.32 Å². The fraction of sp³-hybridized carbons (Fsp3) is 1.00. The van der Waals surface area contributed by atoms with Gasteiger partial charge >= 0.3 is 0 Å². The van der Waals surface area contributed by atoms with Gasteiger partial charge in [0.05, 0.1) is 6.10 Å². The molecule has 2 heteroatoms. The van der Waals surface area contributed by atoms with Crippen molar-refractivity contribution in [2.24, 2.45) is 5.92 Å². The summed E-state index contributed by atoms with van der Waals surface area (Å²) in [4.78, 5) is 0. The van der Waals surface area contributed by atoms with Crippen LogP contribution in [0.1, 0.15) is 27.2 Å². The van der Waals surface area contributed by atoms with Crippen LogP contribution in [0, 0.1) is 5.92 Å². The first-order valence-corrected chi connectivity index (χ1v) is 4.05. The van der Waals surface area contributed by atoms with E-state index in [0.717, 1.165) is 6.42 Å². The van der Waals surface area contributed by atoms with Crippen molar-refractivity contribution < 1.29 is 5.11 Å². The van der Waals surface area contributed by atoms with Crippen LogP contribution >= 0.6 is 0 Å². The van der Waals surface area contributed by atoms with Gasteiger partial charge < -0.3 is 10.4 Å². The van der Waals surface area contributed by atoms with Gasteiger partial charge in [0.15, 0.2) is 0 Å². The zero-order chi connectivity index (χ0) is 7.72. The summed E-state index contributed by atoms with van der Waals surface area (Å²) in [5.74, 6) is 0.399. The van der Waals surface area contributed by atoms with E-state index in [0.29, 0.717) is 18.0 Å². The van der Waals surface area contributed by atoms with Gasteiger partial charge in [-0.2, -0.15) is 0 Å². The van der Waals surface area contributed by atoms with Crippen molar-refractivity contribution >= 4 is 0 Å². The summed E-state index contributed by atoms with van der Waals surface area (Å²) in [5.41, 5.74) is 0. The Morgan fingerprint density at radius 2 is 1.90 bits per heavy atom. The maximum atomic E-state index is 9.48. The SMILES string of the molecule is CC1CC(O)C(C)C(C)N1. The Kier molecular flexibility index (Phi) is 2.32. The van der Waals surface area contributed by atoms with E-state index in [-0.39, 0.29) is 6.10 Å². The molecule has 2 nitrogen and oxygen atoms in total. The molecule has 60 valence electrons. The first-order valence-electron chi connectivity index (χ1n) is 4.05. The van der Waals surface area contributed by atoms with Crippen molar-refractivity contribution in [3.63, 3.8) is 0 Å². The molecule has 0 saturated carbocycles. The molecule has 0 amide bonds. The Morgan fingerprint density at radius 3 is 2.40 bits per heavy atom. The van der Waals surface area contributed by atoms with Gasteiger partial charge in [-0.1, -0.05) is 6.92 Å². The molecule has 10 heavy (non-hydrogen) atoms. The summed E-state index contributed by atoms with van der Waals surface area (Å²) < 4.78 is 0. The second-order valence-electron chi connectivity index (χ2n) is 3.52. The number of aliphatic hydroxyl groups excluding tert-OH is 1. The molecule has 1 aliphatic heterocycles. The lowest BCUT2D eigenvalue weighted by molar-refractivity contribution is 0.0493. The molecule has 0 radical (unpaired) electrons. The van der Waals surface area contributed by atoms with E-state index < -0.39 is 0 Å². The maximum Gasteiger partial charge on any atom is 0.0595 e. The third-order valence-electron chi connectivity index (χ3n) is 2.54. The third kappa shape index (κ3) is 1.50. The standard InChI is InChI=1S/C8H17NO/c1-5-4-8(10)6(2)7(3)9-5/h5-10H,4H2,1-3H3. The van der Waals surface area contributed by atoms with E-state index in [1.165, 1.54) is 0 Å². The largest absolute Gasteiger partial charge is 0.393 e. The highest BCUT2D eigenvalue weighted by Crippen LogP contribution is 2.19. The molecule has 0 bridgehead atoms. The Bertz CT molecular complexity index is 104. The van der Waals surface area contributed by atoms with Gasteiger partial charge in [-0.25, -0.2) is 0 Å². The number of piperidine rings is 1. The average Bonchev–Trinajstić information content (AvgIpc) is 1.82. The molecule has 1 heterocycles. The van der Waals surface area contributed by atoms with Gasteiger partial charge in [0.25, 0.3) is 0 Å². The van der Waals surface area contributed by atoms with Crippen molar-refractivity contribution in [3.8, 4) is 0 Å². The van der Waals surface area contributed by atoms with Crippen LogP contribution in [0.3, 0.4) is 0 Å². The lowest BCUT2D eigenvalue weighted by atomic mass is 9.88. The Balaban J connectivity index is 2.49. The monoisotopic (exact) mass is 143 g/mol. The summed E-state index contributed by atoms with van der Waals surface area (Å²) in [6, 6.07) is 0.931. The molecule has 0 aromatic rings. The van der Waals surface area contributed by atoms with E-state index in [9.17, 15) is 5.11 Å². The molecule has 4 atom stereocenters. The lowest BCUT2D eigenvalue weighted by Crippen LogP contribution is -2.50. The van der Waals surface area contributed by atoms with Crippen LogP contribution in [0.4, 0.5) is 0 Å². The fourth-order valence-electron chi connectivity index (χ4n) is 1.58. The highest BCUT2D eigenvalue weighted by molar-refractivity contribution is 4.85. The van der Waals surface area contributed by atoms with Crippen LogP contribution in [0.5, 0.6) is 0 Å². The van der Waals surface area contributed by atoms with Crippen molar-refractivity contribution in [2.45, 2.75) is 45.4 Å². The normalized spacial score (nSPS) is 49.2. The zero-order valence-corrected chi connectivity index (χ0v) is 6.96. The second-order valence-corrected chi connectivity index (χ2v) is 3.52. The van der Waals surface area contributed by atoms with Crippen LogP contribution in [-0.4, -0.2) is 23.3 Å². The zero-order valence-electron chi connectivity index (χ0n) is 6.96. The van der Waals surface area contributed by atoms with Crippen LogP contribution in [0.2, 0.25) is 0 Å². The molecule has 1 saturated heterocycles.